The van der Waals surface area contributed by atoms with Crippen molar-refractivity contribution in [3.8, 4) is 0 Å². The van der Waals surface area contributed by atoms with Crippen molar-refractivity contribution in [2.75, 3.05) is 20.6 Å². The molecule has 3 aromatic rings. The normalized spacial score (nSPS) is 12.6. The van der Waals surface area contributed by atoms with E-state index in [2.05, 4.69) is 10.0 Å². The van der Waals surface area contributed by atoms with Crippen molar-refractivity contribution in [3.05, 3.63) is 81.3 Å². The molecule has 1 amide bonds. The Morgan fingerprint density at radius 2 is 1.58 bits per heavy atom. The topological polar surface area (TPSA) is 113 Å². The lowest BCUT2D eigenvalue weighted by Gasteiger charge is -2.29. The van der Waals surface area contributed by atoms with Gasteiger partial charge in [0.2, 0.25) is 15.9 Å². The molecule has 0 aliphatic rings. The Morgan fingerprint density at radius 1 is 0.944 bits per heavy atom. The Hall–Kier alpha value is -2.50. The molecule has 0 radical (unpaired) electrons. The molecule has 0 saturated carbocycles. The number of hydrogen-bond acceptors (Lipinski definition) is 5. The van der Waals surface area contributed by atoms with Crippen LogP contribution in [0.4, 0.5) is 17.1 Å². The van der Waals surface area contributed by atoms with Gasteiger partial charge in [-0.1, -0.05) is 46.9 Å². The summed E-state index contributed by atoms with van der Waals surface area (Å²) in [5.74, 6) is -0.626. The van der Waals surface area contributed by atoms with E-state index in [4.69, 9.17) is 34.8 Å². The number of sulfonamides is 2. The second-order valence-electron chi connectivity index (χ2n) is 7.89. The Labute approximate surface area is 225 Å². The molecule has 0 heterocycles. The van der Waals surface area contributed by atoms with Gasteiger partial charge in [0.15, 0.2) is 0 Å². The number of hydrogen-bond donors (Lipinski definition) is 2. The van der Waals surface area contributed by atoms with E-state index in [-0.39, 0.29) is 32.0 Å². The highest BCUT2D eigenvalue weighted by molar-refractivity contribution is 7.92. The Kier molecular flexibility index (Phi) is 8.47. The second-order valence-corrected chi connectivity index (χ2v) is 12.6. The highest BCUT2D eigenvalue weighted by Crippen LogP contribution is 2.32. The number of carbonyl (C=O) groups excluding carboxylic acids is 1. The zero-order valence-corrected chi connectivity index (χ0v) is 23.2. The molecule has 13 heteroatoms. The number of halogens is 3. The maximum absolute atomic E-state index is 13.0. The molecule has 0 fully saturated rings. The van der Waals surface area contributed by atoms with Crippen molar-refractivity contribution < 1.29 is 21.6 Å². The van der Waals surface area contributed by atoms with E-state index < -0.39 is 32.0 Å². The average Bonchev–Trinajstić information content (AvgIpc) is 2.78. The molecule has 3 aromatic carbocycles. The summed E-state index contributed by atoms with van der Waals surface area (Å²) in [6.07, 6.45) is 0.996. The summed E-state index contributed by atoms with van der Waals surface area (Å²) in [6, 6.07) is 13.5. The zero-order valence-electron chi connectivity index (χ0n) is 19.3. The lowest BCUT2D eigenvalue weighted by molar-refractivity contribution is -0.116. The summed E-state index contributed by atoms with van der Waals surface area (Å²) in [4.78, 5) is 12.9. The van der Waals surface area contributed by atoms with Gasteiger partial charge < -0.3 is 5.32 Å². The summed E-state index contributed by atoms with van der Waals surface area (Å²) >= 11 is 18.0. The summed E-state index contributed by atoms with van der Waals surface area (Å²) in [7, 11) is -7.85. The molecule has 0 aliphatic carbocycles. The summed E-state index contributed by atoms with van der Waals surface area (Å²) < 4.78 is 53.9. The van der Waals surface area contributed by atoms with Crippen LogP contribution >= 0.6 is 34.8 Å². The van der Waals surface area contributed by atoms with Gasteiger partial charge >= 0.3 is 0 Å². The minimum atomic E-state index is -4.00. The molecule has 192 valence electrons. The number of amides is 1. The lowest BCUT2D eigenvalue weighted by Crippen LogP contribution is -2.45. The molecule has 2 N–H and O–H groups in total. The van der Waals surface area contributed by atoms with E-state index in [1.54, 1.807) is 25.1 Å². The van der Waals surface area contributed by atoms with Crippen LogP contribution in [0.15, 0.2) is 65.6 Å². The third kappa shape index (κ3) is 6.43. The number of aryl methyl sites for hydroxylation is 1. The number of carbonyl (C=O) groups is 1. The van der Waals surface area contributed by atoms with E-state index in [1.165, 1.54) is 49.4 Å². The predicted molar refractivity (Wildman–Crippen MR) is 145 cm³/mol. The van der Waals surface area contributed by atoms with E-state index in [1.807, 2.05) is 0 Å². The predicted octanol–water partition coefficient (Wildman–Crippen LogP) is 5.55. The van der Waals surface area contributed by atoms with E-state index in [0.29, 0.717) is 10.6 Å². The molecule has 0 aromatic heterocycles. The highest BCUT2D eigenvalue weighted by Gasteiger charge is 2.30. The van der Waals surface area contributed by atoms with E-state index in [0.717, 1.165) is 10.6 Å². The van der Waals surface area contributed by atoms with Crippen LogP contribution in [0.1, 0.15) is 12.5 Å². The molecular formula is C23H22Cl3N3O5S2. The molecule has 0 spiro atoms. The largest absolute Gasteiger partial charge is 0.324 e. The zero-order chi connectivity index (χ0) is 26.8. The Morgan fingerprint density at radius 3 is 2.19 bits per heavy atom. The van der Waals surface area contributed by atoms with Gasteiger partial charge in [0.25, 0.3) is 10.0 Å². The van der Waals surface area contributed by atoms with Gasteiger partial charge in [-0.05, 0) is 67.9 Å². The number of rotatable bonds is 8. The van der Waals surface area contributed by atoms with Crippen molar-refractivity contribution in [1.29, 1.82) is 0 Å². The van der Waals surface area contributed by atoms with Gasteiger partial charge in [0, 0.05) is 10.7 Å². The first kappa shape index (κ1) is 28.1. The van der Waals surface area contributed by atoms with Gasteiger partial charge in [0.05, 0.1) is 32.6 Å². The van der Waals surface area contributed by atoms with Crippen LogP contribution in [0.3, 0.4) is 0 Å². The summed E-state index contributed by atoms with van der Waals surface area (Å²) in [5, 5.41) is 3.19. The number of nitrogens with zero attached hydrogens (tertiary/aromatic N) is 1. The van der Waals surface area contributed by atoms with Gasteiger partial charge in [-0.2, -0.15) is 0 Å². The highest BCUT2D eigenvalue weighted by atomic mass is 35.5. The molecule has 0 bridgehead atoms. The SMILES string of the molecule is Cc1ccc(Cl)cc1N([C@H](C)C(=O)Nc1ccc(S(=O)(=O)Nc2cccc(Cl)c2Cl)cc1)S(C)(=O)=O. The molecule has 36 heavy (non-hydrogen) atoms. The van der Waals surface area contributed by atoms with Crippen LogP contribution in [0.5, 0.6) is 0 Å². The smallest absolute Gasteiger partial charge is 0.261 e. The van der Waals surface area contributed by atoms with Gasteiger partial charge in [-0.3, -0.25) is 13.8 Å². The Balaban J connectivity index is 1.81. The first-order valence-electron chi connectivity index (χ1n) is 10.3. The second kappa shape index (κ2) is 10.9. The van der Waals surface area contributed by atoms with Gasteiger partial charge in [-0.15, -0.1) is 0 Å². The number of benzene rings is 3. The van der Waals surface area contributed by atoms with Crippen LogP contribution in [0.2, 0.25) is 15.1 Å². The number of nitrogens with one attached hydrogen (secondary N) is 2. The average molecular weight is 591 g/mol. The fourth-order valence-electron chi connectivity index (χ4n) is 3.35. The van der Waals surface area contributed by atoms with Crippen molar-refractivity contribution in [3.63, 3.8) is 0 Å². The molecule has 3 rings (SSSR count). The molecule has 8 nitrogen and oxygen atoms in total. The van der Waals surface area contributed by atoms with Crippen LogP contribution in [0, 0.1) is 6.92 Å². The number of anilines is 3. The first-order valence-corrected chi connectivity index (χ1v) is 14.8. The molecular weight excluding hydrogens is 569 g/mol. The van der Waals surface area contributed by atoms with Crippen molar-refractivity contribution in [1.82, 2.24) is 0 Å². The monoisotopic (exact) mass is 589 g/mol. The fourth-order valence-corrected chi connectivity index (χ4v) is 6.22. The maximum Gasteiger partial charge on any atom is 0.261 e. The Bertz CT molecular complexity index is 1510. The van der Waals surface area contributed by atoms with Crippen LogP contribution in [-0.2, 0) is 24.8 Å². The van der Waals surface area contributed by atoms with Crippen molar-refractivity contribution in [2.24, 2.45) is 0 Å². The minimum absolute atomic E-state index is 0.0611. The quantitative estimate of drug-likeness (QED) is 0.357. The third-order valence-corrected chi connectivity index (χ3v) is 8.79. The van der Waals surface area contributed by atoms with Crippen LogP contribution in [0.25, 0.3) is 0 Å². The first-order chi connectivity index (χ1) is 16.7. The van der Waals surface area contributed by atoms with Crippen molar-refractivity contribution in [2.45, 2.75) is 24.8 Å². The summed E-state index contributed by atoms with van der Waals surface area (Å²) in [6.45, 7) is 3.15. The third-order valence-electron chi connectivity index (χ3n) is 5.13. The van der Waals surface area contributed by atoms with Crippen LogP contribution in [-0.4, -0.2) is 35.0 Å². The van der Waals surface area contributed by atoms with E-state index in [9.17, 15) is 21.6 Å². The fraction of sp³-hybridized carbons (Fsp3) is 0.174. The van der Waals surface area contributed by atoms with Crippen molar-refractivity contribution >= 4 is 77.8 Å². The standard InChI is InChI=1S/C23H22Cl3N3O5S2/c1-14-7-8-16(24)13-21(14)29(35(3,31)32)15(2)23(30)27-17-9-11-18(12-10-17)36(33,34)28-20-6-4-5-19(25)22(20)26/h4-13,15,28H,1-3H3,(H,27,30)/t15-/m1/s1. The minimum Gasteiger partial charge on any atom is -0.324 e. The summed E-state index contributed by atoms with van der Waals surface area (Å²) in [5.41, 5.74) is 1.28. The molecule has 0 aliphatic heterocycles. The van der Waals surface area contributed by atoms with Gasteiger partial charge in [0.1, 0.15) is 6.04 Å². The maximum atomic E-state index is 13.0. The molecule has 1 atom stereocenters. The molecule has 0 unspecified atom stereocenters. The van der Waals surface area contributed by atoms with E-state index >= 15 is 0 Å². The van der Waals surface area contributed by atoms with Gasteiger partial charge in [-0.25, -0.2) is 16.8 Å². The lowest BCUT2D eigenvalue weighted by atomic mass is 10.1. The van der Waals surface area contributed by atoms with Crippen LogP contribution < -0.4 is 14.3 Å². The molecule has 0 saturated heterocycles.